The zero-order valence-electron chi connectivity index (χ0n) is 19.8. The topological polar surface area (TPSA) is 130 Å². The predicted molar refractivity (Wildman–Crippen MR) is 130 cm³/mol. The molecular weight excluding hydrogens is 484 g/mol. The van der Waals surface area contributed by atoms with Gasteiger partial charge in [0.1, 0.15) is 18.7 Å². The number of rotatable bonds is 7. The molecule has 0 radical (unpaired) electrons. The van der Waals surface area contributed by atoms with Gasteiger partial charge in [-0.15, -0.1) is 16.4 Å². The van der Waals surface area contributed by atoms with Gasteiger partial charge in [0.2, 0.25) is 11.8 Å². The van der Waals surface area contributed by atoms with Gasteiger partial charge in [-0.2, -0.15) is 4.98 Å². The monoisotopic (exact) mass is 508 g/mol. The number of thiazole rings is 1. The van der Waals surface area contributed by atoms with Crippen molar-refractivity contribution >= 4 is 23.4 Å². The Hall–Kier alpha value is -4.13. The number of carbonyl (C=O) groups is 1. The van der Waals surface area contributed by atoms with Gasteiger partial charge < -0.3 is 19.1 Å². The maximum atomic E-state index is 11.4. The highest BCUT2D eigenvalue weighted by atomic mass is 32.1. The van der Waals surface area contributed by atoms with E-state index in [0.29, 0.717) is 18.5 Å². The standard InChI is InChI=1S/C23H24N8O4S/c1-15-11-20(35-23(32)33-2)27-22(25-15)30-9-7-16(8-10-30)21-26-17(13-36-21)12-34-19-5-3-18(4-6-19)31-14-24-28-29-31/h3-6,11,13-14,16H,7-10,12H2,1-2H3. The number of aryl methyl sites for hydroxylation is 1. The summed E-state index contributed by atoms with van der Waals surface area (Å²) in [6, 6.07) is 9.17. The number of carbonyl (C=O) groups excluding carboxylic acids is 1. The van der Waals surface area contributed by atoms with E-state index in [0.717, 1.165) is 53.8 Å². The SMILES string of the molecule is COC(=O)Oc1cc(C)nc(N2CCC(c3nc(COc4ccc(-n5cnnn5)cc4)cs3)CC2)n1. The van der Waals surface area contributed by atoms with Crippen LogP contribution in [0.15, 0.2) is 42.0 Å². The molecule has 186 valence electrons. The highest BCUT2D eigenvalue weighted by Gasteiger charge is 2.25. The smallest absolute Gasteiger partial charge is 0.487 e. The van der Waals surface area contributed by atoms with E-state index in [2.05, 4.69) is 40.5 Å². The second-order valence-electron chi connectivity index (χ2n) is 8.18. The molecule has 4 heterocycles. The molecule has 0 unspecified atom stereocenters. The number of hydrogen-bond acceptors (Lipinski definition) is 12. The van der Waals surface area contributed by atoms with Gasteiger partial charge in [0.05, 0.1) is 23.5 Å². The number of methoxy groups -OCH3 is 1. The van der Waals surface area contributed by atoms with Crippen LogP contribution in [0.3, 0.4) is 0 Å². The second kappa shape index (κ2) is 10.6. The molecule has 1 saturated heterocycles. The maximum absolute atomic E-state index is 11.4. The number of benzene rings is 1. The Morgan fingerprint density at radius 2 is 1.94 bits per heavy atom. The third-order valence-electron chi connectivity index (χ3n) is 5.71. The number of aromatic nitrogens is 7. The summed E-state index contributed by atoms with van der Waals surface area (Å²) in [7, 11) is 1.26. The number of anilines is 1. The molecule has 0 spiro atoms. The van der Waals surface area contributed by atoms with Gasteiger partial charge in [-0.1, -0.05) is 0 Å². The maximum Gasteiger partial charge on any atom is 0.514 e. The molecule has 36 heavy (non-hydrogen) atoms. The molecule has 13 heteroatoms. The Bertz CT molecular complexity index is 1300. The summed E-state index contributed by atoms with van der Waals surface area (Å²) in [4.78, 5) is 27.2. The number of ether oxygens (including phenoxy) is 3. The first-order chi connectivity index (χ1) is 17.6. The highest BCUT2D eigenvalue weighted by Crippen LogP contribution is 2.32. The highest BCUT2D eigenvalue weighted by molar-refractivity contribution is 7.09. The minimum Gasteiger partial charge on any atom is -0.487 e. The van der Waals surface area contributed by atoms with Crippen molar-refractivity contribution < 1.29 is 19.0 Å². The second-order valence-corrected chi connectivity index (χ2v) is 9.07. The lowest BCUT2D eigenvalue weighted by Crippen LogP contribution is -2.34. The summed E-state index contributed by atoms with van der Waals surface area (Å²) in [5, 5.41) is 14.3. The van der Waals surface area contributed by atoms with Crippen LogP contribution in [-0.4, -0.2) is 61.5 Å². The van der Waals surface area contributed by atoms with Crippen molar-refractivity contribution in [1.82, 2.24) is 35.2 Å². The molecule has 5 rings (SSSR count). The molecule has 4 aromatic rings. The van der Waals surface area contributed by atoms with Crippen molar-refractivity contribution in [2.24, 2.45) is 0 Å². The molecule has 1 aliphatic heterocycles. The lowest BCUT2D eigenvalue weighted by atomic mass is 9.98. The van der Waals surface area contributed by atoms with Crippen LogP contribution < -0.4 is 14.4 Å². The van der Waals surface area contributed by atoms with Crippen LogP contribution in [0.25, 0.3) is 5.69 Å². The minimum atomic E-state index is -0.803. The Labute approximate surface area is 210 Å². The molecular formula is C23H24N8O4S. The largest absolute Gasteiger partial charge is 0.514 e. The summed E-state index contributed by atoms with van der Waals surface area (Å²) >= 11 is 1.67. The van der Waals surface area contributed by atoms with Crippen molar-refractivity contribution in [3.8, 4) is 17.3 Å². The van der Waals surface area contributed by atoms with Gasteiger partial charge in [0.25, 0.3) is 0 Å². The van der Waals surface area contributed by atoms with E-state index in [1.54, 1.807) is 28.4 Å². The molecule has 1 fully saturated rings. The van der Waals surface area contributed by atoms with Crippen LogP contribution in [0, 0.1) is 6.92 Å². The molecule has 1 aliphatic rings. The molecule has 0 saturated carbocycles. The third-order valence-corrected chi connectivity index (χ3v) is 6.76. The van der Waals surface area contributed by atoms with Gasteiger partial charge in [-0.05, 0) is 54.5 Å². The van der Waals surface area contributed by atoms with Gasteiger partial charge in [0.15, 0.2) is 0 Å². The van der Waals surface area contributed by atoms with Crippen LogP contribution in [0.1, 0.15) is 35.2 Å². The Kier molecular flexibility index (Phi) is 6.98. The van der Waals surface area contributed by atoms with Gasteiger partial charge in [-0.25, -0.2) is 19.4 Å². The molecule has 1 aromatic carbocycles. The fourth-order valence-corrected chi connectivity index (χ4v) is 4.86. The first-order valence-electron chi connectivity index (χ1n) is 11.3. The minimum absolute atomic E-state index is 0.182. The van der Waals surface area contributed by atoms with Crippen molar-refractivity contribution in [3.05, 3.63) is 58.4 Å². The molecule has 0 N–H and O–H groups in total. The summed E-state index contributed by atoms with van der Waals surface area (Å²) < 4.78 is 17.1. The average molecular weight is 509 g/mol. The van der Waals surface area contributed by atoms with Crippen molar-refractivity contribution in [1.29, 1.82) is 0 Å². The summed E-state index contributed by atoms with van der Waals surface area (Å²) in [5.41, 5.74) is 2.49. The fraction of sp³-hybridized carbons (Fsp3) is 0.348. The van der Waals surface area contributed by atoms with E-state index in [9.17, 15) is 4.79 Å². The number of nitrogens with zero attached hydrogens (tertiary/aromatic N) is 8. The van der Waals surface area contributed by atoms with Crippen LogP contribution in [-0.2, 0) is 11.3 Å². The van der Waals surface area contributed by atoms with Crippen molar-refractivity contribution in [3.63, 3.8) is 0 Å². The van der Waals surface area contributed by atoms with Crippen molar-refractivity contribution in [2.75, 3.05) is 25.1 Å². The third kappa shape index (κ3) is 5.57. The summed E-state index contributed by atoms with van der Waals surface area (Å²) in [6.07, 6.45) is 2.60. The van der Waals surface area contributed by atoms with E-state index in [1.807, 2.05) is 31.2 Å². The molecule has 12 nitrogen and oxygen atoms in total. The first-order valence-corrected chi connectivity index (χ1v) is 12.2. The molecule has 0 atom stereocenters. The molecule has 0 aliphatic carbocycles. The van der Waals surface area contributed by atoms with E-state index >= 15 is 0 Å². The first kappa shape index (κ1) is 23.6. The summed E-state index contributed by atoms with van der Waals surface area (Å²) in [5.74, 6) is 1.85. The lowest BCUT2D eigenvalue weighted by Gasteiger charge is -2.31. The van der Waals surface area contributed by atoms with Crippen LogP contribution in [0.2, 0.25) is 0 Å². The predicted octanol–water partition coefficient (Wildman–Crippen LogP) is 3.33. The van der Waals surface area contributed by atoms with E-state index in [-0.39, 0.29) is 5.88 Å². The quantitative estimate of drug-likeness (QED) is 0.341. The molecule has 3 aromatic heterocycles. The fourth-order valence-electron chi connectivity index (χ4n) is 3.88. The average Bonchev–Trinajstić information content (AvgIpc) is 3.60. The number of tetrazole rings is 1. The zero-order valence-corrected chi connectivity index (χ0v) is 20.6. The Morgan fingerprint density at radius 3 is 2.67 bits per heavy atom. The van der Waals surface area contributed by atoms with Gasteiger partial charge in [0, 0.05) is 36.1 Å². The Morgan fingerprint density at radius 1 is 1.14 bits per heavy atom. The number of piperidine rings is 1. The molecule has 0 bridgehead atoms. The van der Waals surface area contributed by atoms with Gasteiger partial charge >= 0.3 is 6.16 Å². The van der Waals surface area contributed by atoms with Crippen LogP contribution in [0.4, 0.5) is 10.7 Å². The molecule has 0 amide bonds. The van der Waals surface area contributed by atoms with Crippen LogP contribution in [0.5, 0.6) is 11.6 Å². The summed E-state index contributed by atoms with van der Waals surface area (Å²) in [6.45, 7) is 3.80. The van der Waals surface area contributed by atoms with E-state index in [4.69, 9.17) is 14.5 Å². The normalized spacial score (nSPS) is 14.0. The van der Waals surface area contributed by atoms with Crippen LogP contribution >= 0.6 is 11.3 Å². The van der Waals surface area contributed by atoms with E-state index in [1.165, 1.54) is 7.11 Å². The van der Waals surface area contributed by atoms with E-state index < -0.39 is 6.16 Å². The zero-order chi connectivity index (χ0) is 24.9. The van der Waals surface area contributed by atoms with Gasteiger partial charge in [-0.3, -0.25) is 0 Å². The Balaban J connectivity index is 1.14. The van der Waals surface area contributed by atoms with Crippen molar-refractivity contribution in [2.45, 2.75) is 32.3 Å². The number of hydrogen-bond donors (Lipinski definition) is 0. The lowest BCUT2D eigenvalue weighted by molar-refractivity contribution is 0.119.